The van der Waals surface area contributed by atoms with E-state index in [1.54, 1.807) is 0 Å². The zero-order chi connectivity index (χ0) is 8.43. The van der Waals surface area contributed by atoms with Gasteiger partial charge in [-0.05, 0) is 0 Å². The number of hydrogen-bond acceptors (Lipinski definition) is 2. The summed E-state index contributed by atoms with van der Waals surface area (Å²) in [6.07, 6.45) is 0. The molecule has 11 heavy (non-hydrogen) atoms. The molecule has 0 spiro atoms. The second-order valence-electron chi connectivity index (χ2n) is 2.96. The molecule has 0 radical (unpaired) electrons. The van der Waals surface area contributed by atoms with Crippen molar-refractivity contribution in [2.45, 2.75) is 19.9 Å². The summed E-state index contributed by atoms with van der Waals surface area (Å²) in [6.45, 7) is 4.08. The van der Waals surface area contributed by atoms with Crippen LogP contribution < -0.4 is 10.6 Å². The third kappa shape index (κ3) is 1.69. The molecule has 0 aromatic carbocycles. The van der Waals surface area contributed by atoms with E-state index >= 15 is 0 Å². The first-order valence-corrected chi connectivity index (χ1v) is 3.69. The van der Waals surface area contributed by atoms with Crippen molar-refractivity contribution in [1.29, 1.82) is 0 Å². The highest BCUT2D eigenvalue weighted by Gasteiger charge is 2.27. The lowest BCUT2D eigenvalue weighted by Crippen LogP contribution is -2.36. The quantitative estimate of drug-likeness (QED) is 0.586. The van der Waals surface area contributed by atoms with E-state index in [0.717, 1.165) is 0 Å². The van der Waals surface area contributed by atoms with Crippen LogP contribution in [0, 0.1) is 5.92 Å². The van der Waals surface area contributed by atoms with Gasteiger partial charge in [-0.25, -0.2) is 4.79 Å². The number of carbonyl (C=O) groups excluding carboxylic acids is 2. The number of hydrogen-bond donors (Lipinski definition) is 2. The molecule has 1 rings (SSSR count). The monoisotopic (exact) mass is 156 g/mol. The molecular formula is C7H12N2O2. The molecule has 1 aliphatic heterocycles. The predicted molar refractivity (Wildman–Crippen MR) is 40.2 cm³/mol. The Labute approximate surface area is 65.3 Å². The highest BCUT2D eigenvalue weighted by Crippen LogP contribution is 2.01. The molecule has 0 aliphatic carbocycles. The molecule has 2 N–H and O–H groups in total. The van der Waals surface area contributed by atoms with Crippen molar-refractivity contribution in [2.24, 2.45) is 5.92 Å². The van der Waals surface area contributed by atoms with E-state index in [4.69, 9.17) is 0 Å². The minimum absolute atomic E-state index is 0.0137. The average molecular weight is 156 g/mol. The normalized spacial score (nSPS) is 23.2. The van der Waals surface area contributed by atoms with Crippen LogP contribution in [0.25, 0.3) is 0 Å². The van der Waals surface area contributed by atoms with E-state index in [-0.39, 0.29) is 23.8 Å². The Hall–Kier alpha value is -1.06. The first-order valence-electron chi connectivity index (χ1n) is 3.69. The van der Waals surface area contributed by atoms with Crippen molar-refractivity contribution < 1.29 is 9.59 Å². The van der Waals surface area contributed by atoms with Crippen LogP contribution >= 0.6 is 0 Å². The van der Waals surface area contributed by atoms with Gasteiger partial charge in [0.15, 0.2) is 5.78 Å². The molecule has 62 valence electrons. The second kappa shape index (κ2) is 2.90. The zero-order valence-corrected chi connectivity index (χ0v) is 6.68. The number of Topliss-reactive ketones (excluding diaryl/α,β-unsaturated/α-hetero) is 1. The van der Waals surface area contributed by atoms with E-state index in [1.165, 1.54) is 0 Å². The predicted octanol–water partition coefficient (Wildman–Crippen LogP) is -0.107. The van der Waals surface area contributed by atoms with E-state index in [2.05, 4.69) is 10.6 Å². The molecule has 1 atom stereocenters. The van der Waals surface area contributed by atoms with Crippen LogP contribution in [-0.2, 0) is 4.79 Å². The van der Waals surface area contributed by atoms with E-state index < -0.39 is 0 Å². The number of nitrogens with one attached hydrogen (secondary N) is 2. The van der Waals surface area contributed by atoms with Crippen LogP contribution in [0.4, 0.5) is 4.79 Å². The van der Waals surface area contributed by atoms with Crippen molar-refractivity contribution in [3.63, 3.8) is 0 Å². The third-order valence-corrected chi connectivity index (χ3v) is 1.68. The zero-order valence-electron chi connectivity index (χ0n) is 6.68. The summed E-state index contributed by atoms with van der Waals surface area (Å²) >= 11 is 0. The van der Waals surface area contributed by atoms with Gasteiger partial charge < -0.3 is 10.6 Å². The molecule has 1 unspecified atom stereocenters. The number of carbonyl (C=O) groups is 2. The summed E-state index contributed by atoms with van der Waals surface area (Å²) in [6, 6.07) is -0.563. The number of rotatable bonds is 2. The molecule has 0 aromatic heterocycles. The lowest BCUT2D eigenvalue weighted by atomic mass is 10.0. The Morgan fingerprint density at radius 1 is 1.64 bits per heavy atom. The number of amides is 2. The van der Waals surface area contributed by atoms with Gasteiger partial charge in [0.05, 0.1) is 0 Å². The average Bonchev–Trinajstić information content (AvgIpc) is 2.34. The van der Waals surface area contributed by atoms with Crippen LogP contribution in [0.2, 0.25) is 0 Å². The Balaban J connectivity index is 2.50. The Morgan fingerprint density at radius 2 is 2.27 bits per heavy atom. The molecule has 1 fully saturated rings. The summed E-state index contributed by atoms with van der Waals surface area (Å²) in [5.41, 5.74) is 0. The van der Waals surface area contributed by atoms with Gasteiger partial charge >= 0.3 is 6.03 Å². The minimum atomic E-state index is -0.317. The number of urea groups is 1. The molecule has 1 heterocycles. The lowest BCUT2D eigenvalue weighted by molar-refractivity contribution is -0.123. The molecule has 4 heteroatoms. The Bertz CT molecular complexity index is 189. The van der Waals surface area contributed by atoms with Gasteiger partial charge in [-0.1, -0.05) is 13.8 Å². The summed E-state index contributed by atoms with van der Waals surface area (Å²) in [5.74, 6) is 0.0727. The maximum Gasteiger partial charge on any atom is 0.315 e. The second-order valence-corrected chi connectivity index (χ2v) is 2.96. The summed E-state index contributed by atoms with van der Waals surface area (Å²) in [7, 11) is 0. The third-order valence-electron chi connectivity index (χ3n) is 1.68. The largest absolute Gasteiger partial charge is 0.336 e. The first kappa shape index (κ1) is 8.04. The molecule has 0 bridgehead atoms. The van der Waals surface area contributed by atoms with Gasteiger partial charge in [0.1, 0.15) is 6.04 Å². The fraction of sp³-hybridized carbons (Fsp3) is 0.714. The van der Waals surface area contributed by atoms with Crippen LogP contribution in [0.15, 0.2) is 0 Å². The maximum absolute atomic E-state index is 11.2. The highest BCUT2D eigenvalue weighted by atomic mass is 16.2. The Morgan fingerprint density at radius 3 is 2.64 bits per heavy atom. The van der Waals surface area contributed by atoms with Crippen molar-refractivity contribution in [2.75, 3.05) is 6.54 Å². The van der Waals surface area contributed by atoms with Crippen LogP contribution in [-0.4, -0.2) is 24.4 Å². The van der Waals surface area contributed by atoms with Gasteiger partial charge in [-0.15, -0.1) is 0 Å². The minimum Gasteiger partial charge on any atom is -0.336 e. The summed E-state index contributed by atoms with van der Waals surface area (Å²) in [5, 5.41) is 5.07. The smallest absolute Gasteiger partial charge is 0.315 e. The Kier molecular flexibility index (Phi) is 2.12. The summed E-state index contributed by atoms with van der Waals surface area (Å²) in [4.78, 5) is 21.8. The van der Waals surface area contributed by atoms with Gasteiger partial charge in [0, 0.05) is 12.5 Å². The maximum atomic E-state index is 11.2. The molecule has 1 aliphatic rings. The molecule has 0 aromatic rings. The van der Waals surface area contributed by atoms with Crippen molar-refractivity contribution in [1.82, 2.24) is 10.6 Å². The van der Waals surface area contributed by atoms with Crippen LogP contribution in [0.5, 0.6) is 0 Å². The van der Waals surface area contributed by atoms with Crippen molar-refractivity contribution in [3.8, 4) is 0 Å². The van der Waals surface area contributed by atoms with Gasteiger partial charge in [0.25, 0.3) is 0 Å². The standard InChI is InChI=1S/C7H12N2O2/c1-4(2)6(10)5-3-8-7(11)9-5/h4-5H,3H2,1-2H3,(H2,8,9,11). The van der Waals surface area contributed by atoms with Crippen LogP contribution in [0.1, 0.15) is 13.8 Å². The molecular weight excluding hydrogens is 144 g/mol. The van der Waals surface area contributed by atoms with Gasteiger partial charge in [-0.3, -0.25) is 4.79 Å². The fourth-order valence-electron chi connectivity index (χ4n) is 1.03. The lowest BCUT2D eigenvalue weighted by Gasteiger charge is -2.09. The highest BCUT2D eigenvalue weighted by molar-refractivity contribution is 5.92. The van der Waals surface area contributed by atoms with E-state index in [9.17, 15) is 9.59 Å². The van der Waals surface area contributed by atoms with Crippen molar-refractivity contribution >= 4 is 11.8 Å². The summed E-state index contributed by atoms with van der Waals surface area (Å²) < 4.78 is 0. The van der Waals surface area contributed by atoms with E-state index in [0.29, 0.717) is 6.54 Å². The topological polar surface area (TPSA) is 58.2 Å². The first-order chi connectivity index (χ1) is 5.11. The van der Waals surface area contributed by atoms with Crippen molar-refractivity contribution in [3.05, 3.63) is 0 Å². The fourth-order valence-corrected chi connectivity index (χ4v) is 1.03. The van der Waals surface area contributed by atoms with E-state index in [1.807, 2.05) is 13.8 Å². The molecule has 4 nitrogen and oxygen atoms in total. The molecule has 2 amide bonds. The van der Waals surface area contributed by atoms with Crippen LogP contribution in [0.3, 0.4) is 0 Å². The van der Waals surface area contributed by atoms with Gasteiger partial charge in [-0.2, -0.15) is 0 Å². The number of ketones is 1. The molecule has 1 saturated heterocycles. The van der Waals surface area contributed by atoms with Gasteiger partial charge in [0.2, 0.25) is 0 Å². The SMILES string of the molecule is CC(C)C(=O)C1CNC(=O)N1. The molecule has 0 saturated carbocycles.